The second-order valence-electron chi connectivity index (χ2n) is 7.37. The van der Waals surface area contributed by atoms with E-state index in [2.05, 4.69) is 56.4 Å². The lowest BCUT2D eigenvalue weighted by atomic mass is 9.83. The maximum atomic E-state index is 12.9. The minimum Gasteiger partial charge on any atom is -0.487 e. The summed E-state index contributed by atoms with van der Waals surface area (Å²) in [5, 5.41) is 3.14. The Hall–Kier alpha value is -1.94. The third-order valence-electron chi connectivity index (χ3n) is 5.51. The second kappa shape index (κ2) is 8.39. The summed E-state index contributed by atoms with van der Waals surface area (Å²) in [6.07, 6.45) is 2.67. The molecule has 2 atom stereocenters. The van der Waals surface area contributed by atoms with Crippen LogP contribution in [-0.2, 0) is 4.79 Å². The molecule has 0 unspecified atom stereocenters. The molecule has 0 radical (unpaired) electrons. The summed E-state index contributed by atoms with van der Waals surface area (Å²) in [6.45, 7) is 8.36. The Balaban J connectivity index is 1.74. The van der Waals surface area contributed by atoms with E-state index in [-0.39, 0.29) is 22.8 Å². The van der Waals surface area contributed by atoms with Gasteiger partial charge in [0.2, 0.25) is 5.91 Å². The van der Waals surface area contributed by atoms with Crippen LogP contribution in [-0.4, -0.2) is 16.8 Å². The van der Waals surface area contributed by atoms with Gasteiger partial charge in [-0.05, 0) is 44.9 Å². The number of nitrogens with one attached hydrogen (secondary N) is 1. The lowest BCUT2D eigenvalue weighted by molar-refractivity contribution is -0.121. The Morgan fingerprint density at radius 3 is 2.52 bits per heavy atom. The topological polar surface area (TPSA) is 38.3 Å². The summed E-state index contributed by atoms with van der Waals surface area (Å²) in [6, 6.07) is 16.4. The van der Waals surface area contributed by atoms with Crippen LogP contribution in [0.5, 0.6) is 5.75 Å². The monoisotopic (exact) mass is 383 g/mol. The Kier molecular flexibility index (Phi) is 6.15. The van der Waals surface area contributed by atoms with Gasteiger partial charge in [0.25, 0.3) is 0 Å². The van der Waals surface area contributed by atoms with Crippen molar-refractivity contribution in [2.24, 2.45) is 0 Å². The van der Waals surface area contributed by atoms with Crippen LogP contribution in [0, 0.1) is 6.92 Å². The summed E-state index contributed by atoms with van der Waals surface area (Å²) in [4.78, 5) is 14.0. The number of ether oxygens (including phenoxy) is 1. The van der Waals surface area contributed by atoms with E-state index in [0.29, 0.717) is 0 Å². The van der Waals surface area contributed by atoms with Crippen LogP contribution in [0.15, 0.2) is 53.4 Å². The molecular weight excluding hydrogens is 354 g/mol. The smallest absolute Gasteiger partial charge is 0.233 e. The molecule has 3 nitrogen and oxygen atoms in total. The number of hydrogen-bond donors (Lipinski definition) is 1. The van der Waals surface area contributed by atoms with Crippen molar-refractivity contribution in [2.75, 3.05) is 0 Å². The first-order chi connectivity index (χ1) is 13.0. The number of fused-ring (bicyclic) bond motifs is 1. The molecule has 2 aromatic carbocycles. The molecule has 0 aromatic heterocycles. The fourth-order valence-corrected chi connectivity index (χ4v) is 4.47. The van der Waals surface area contributed by atoms with Crippen LogP contribution in [0.25, 0.3) is 0 Å². The number of hydrogen-bond acceptors (Lipinski definition) is 3. The van der Waals surface area contributed by atoms with Gasteiger partial charge in [-0.15, -0.1) is 11.8 Å². The van der Waals surface area contributed by atoms with Gasteiger partial charge in [0.1, 0.15) is 11.4 Å². The highest BCUT2D eigenvalue weighted by molar-refractivity contribution is 8.00. The number of rotatable bonds is 6. The minimum atomic E-state index is -0.209. The molecule has 0 fully saturated rings. The fourth-order valence-electron chi connectivity index (χ4n) is 3.59. The molecule has 1 aliphatic rings. The van der Waals surface area contributed by atoms with E-state index in [1.165, 1.54) is 5.56 Å². The van der Waals surface area contributed by atoms with E-state index >= 15 is 0 Å². The molecule has 1 aliphatic heterocycles. The van der Waals surface area contributed by atoms with Crippen LogP contribution in [0.3, 0.4) is 0 Å². The first-order valence-electron chi connectivity index (χ1n) is 9.78. The van der Waals surface area contributed by atoms with Crippen molar-refractivity contribution in [1.82, 2.24) is 5.32 Å². The zero-order valence-corrected chi connectivity index (χ0v) is 17.4. The molecule has 0 spiro atoms. The molecule has 144 valence electrons. The van der Waals surface area contributed by atoms with Crippen molar-refractivity contribution in [3.05, 3.63) is 59.7 Å². The molecule has 0 saturated carbocycles. The zero-order valence-electron chi connectivity index (χ0n) is 16.6. The number of benzene rings is 2. The number of amides is 1. The maximum Gasteiger partial charge on any atom is 0.233 e. The predicted molar refractivity (Wildman–Crippen MR) is 112 cm³/mol. The Labute approximate surface area is 166 Å². The van der Waals surface area contributed by atoms with Gasteiger partial charge in [0.15, 0.2) is 0 Å². The number of thioether (sulfide) groups is 1. The van der Waals surface area contributed by atoms with E-state index in [0.717, 1.165) is 35.5 Å². The molecule has 27 heavy (non-hydrogen) atoms. The largest absolute Gasteiger partial charge is 0.487 e. The third-order valence-corrected chi connectivity index (χ3v) is 6.62. The lowest BCUT2D eigenvalue weighted by Gasteiger charge is -2.42. The van der Waals surface area contributed by atoms with Crippen molar-refractivity contribution in [3.8, 4) is 5.75 Å². The highest BCUT2D eigenvalue weighted by Gasteiger charge is 2.39. The highest BCUT2D eigenvalue weighted by atomic mass is 32.2. The first kappa shape index (κ1) is 19.8. The summed E-state index contributed by atoms with van der Waals surface area (Å²) >= 11 is 1.60. The Morgan fingerprint density at radius 1 is 1.19 bits per heavy atom. The summed E-state index contributed by atoms with van der Waals surface area (Å²) in [5.41, 5.74) is 2.10. The van der Waals surface area contributed by atoms with Crippen LogP contribution in [0.2, 0.25) is 0 Å². The van der Waals surface area contributed by atoms with Crippen LogP contribution < -0.4 is 10.1 Å². The predicted octanol–water partition coefficient (Wildman–Crippen LogP) is 5.67. The molecule has 2 aromatic rings. The van der Waals surface area contributed by atoms with Gasteiger partial charge in [-0.1, -0.05) is 49.7 Å². The van der Waals surface area contributed by atoms with Crippen LogP contribution in [0.4, 0.5) is 0 Å². The molecule has 3 rings (SSSR count). The van der Waals surface area contributed by atoms with Gasteiger partial charge in [-0.2, -0.15) is 0 Å². The number of carbonyl (C=O) groups is 1. The molecule has 0 saturated heterocycles. The molecule has 1 amide bonds. The van der Waals surface area contributed by atoms with Crippen LogP contribution in [0.1, 0.15) is 57.2 Å². The molecule has 1 N–H and O–H groups in total. The molecule has 0 aliphatic carbocycles. The van der Waals surface area contributed by atoms with Crippen molar-refractivity contribution in [3.63, 3.8) is 0 Å². The quantitative estimate of drug-likeness (QED) is 0.653. The first-order valence-corrected chi connectivity index (χ1v) is 10.7. The van der Waals surface area contributed by atoms with Gasteiger partial charge in [0, 0.05) is 16.9 Å². The van der Waals surface area contributed by atoms with E-state index in [1.54, 1.807) is 11.8 Å². The summed E-state index contributed by atoms with van der Waals surface area (Å²) in [5.74, 6) is 0.972. The summed E-state index contributed by atoms with van der Waals surface area (Å²) < 4.78 is 6.34. The number of para-hydroxylation sites is 1. The van der Waals surface area contributed by atoms with Gasteiger partial charge in [-0.25, -0.2) is 0 Å². The van der Waals surface area contributed by atoms with E-state index < -0.39 is 0 Å². The van der Waals surface area contributed by atoms with Gasteiger partial charge in [0.05, 0.1) is 11.3 Å². The van der Waals surface area contributed by atoms with Crippen molar-refractivity contribution < 1.29 is 9.53 Å². The Bertz CT molecular complexity index is 783. The van der Waals surface area contributed by atoms with Crippen LogP contribution >= 0.6 is 11.8 Å². The molecule has 4 heteroatoms. The number of aryl methyl sites for hydroxylation is 1. The molecule has 1 heterocycles. The van der Waals surface area contributed by atoms with Crippen molar-refractivity contribution in [1.29, 1.82) is 0 Å². The highest BCUT2D eigenvalue weighted by Crippen LogP contribution is 2.42. The SMILES string of the molecule is CCC1(CC)C[C@H](NC(=O)[C@H](C)Sc2ccc(C)cc2)c2ccccc2O1. The van der Waals surface area contributed by atoms with E-state index in [4.69, 9.17) is 4.74 Å². The zero-order chi connectivity index (χ0) is 19.4. The standard InChI is InChI=1S/C23H29NO2S/c1-5-23(6-2)15-20(19-9-7-8-10-21(19)26-23)24-22(25)17(4)27-18-13-11-16(3)12-14-18/h7-14,17,20H,5-6,15H2,1-4H3,(H,24,25)/t17-,20-/m0/s1. The average molecular weight is 384 g/mol. The molecular formula is C23H29NO2S. The average Bonchev–Trinajstić information content (AvgIpc) is 2.69. The minimum absolute atomic E-state index is 0.0107. The normalized spacial score (nSPS) is 18.9. The third kappa shape index (κ3) is 4.49. The number of carbonyl (C=O) groups excluding carboxylic acids is 1. The second-order valence-corrected chi connectivity index (χ2v) is 8.78. The van der Waals surface area contributed by atoms with E-state index in [9.17, 15) is 4.79 Å². The van der Waals surface area contributed by atoms with Crippen molar-refractivity contribution in [2.45, 2.75) is 68.7 Å². The Morgan fingerprint density at radius 2 is 1.85 bits per heavy atom. The summed E-state index contributed by atoms with van der Waals surface area (Å²) in [7, 11) is 0. The lowest BCUT2D eigenvalue weighted by Crippen LogP contribution is -2.45. The van der Waals surface area contributed by atoms with Gasteiger partial charge in [-0.3, -0.25) is 4.79 Å². The fraction of sp³-hybridized carbons (Fsp3) is 0.435. The maximum absolute atomic E-state index is 12.9. The van der Waals surface area contributed by atoms with Crippen molar-refractivity contribution >= 4 is 17.7 Å². The van der Waals surface area contributed by atoms with Gasteiger partial charge < -0.3 is 10.1 Å². The van der Waals surface area contributed by atoms with Gasteiger partial charge >= 0.3 is 0 Å². The van der Waals surface area contributed by atoms with E-state index in [1.807, 2.05) is 25.1 Å². The molecule has 0 bridgehead atoms.